The van der Waals surface area contributed by atoms with Crippen molar-refractivity contribution in [2.24, 2.45) is 17.8 Å². The van der Waals surface area contributed by atoms with Crippen LogP contribution < -0.4 is 0 Å². The third-order valence-corrected chi connectivity index (χ3v) is 3.01. The van der Waals surface area contributed by atoms with Crippen LogP contribution >= 0.6 is 0 Å². The smallest absolute Gasteiger partial charge is 0.309 e. The molecule has 2 unspecified atom stereocenters. The van der Waals surface area contributed by atoms with Crippen LogP contribution in [0.25, 0.3) is 0 Å². The lowest BCUT2D eigenvalue weighted by atomic mass is 9.86. The largest absolute Gasteiger partial charge is 0.466 e. The molecule has 0 radical (unpaired) electrons. The van der Waals surface area contributed by atoms with Gasteiger partial charge >= 0.3 is 5.97 Å². The highest BCUT2D eigenvalue weighted by atomic mass is 16.5. The second-order valence-corrected chi connectivity index (χ2v) is 4.57. The molecular weight excluding hydrogens is 192 g/mol. The lowest BCUT2D eigenvalue weighted by Crippen LogP contribution is -2.25. The van der Waals surface area contributed by atoms with Gasteiger partial charge in [0.25, 0.3) is 0 Å². The maximum Gasteiger partial charge on any atom is 0.309 e. The van der Waals surface area contributed by atoms with Gasteiger partial charge in [0, 0.05) is 13.2 Å². The van der Waals surface area contributed by atoms with E-state index in [0.717, 1.165) is 26.1 Å². The lowest BCUT2D eigenvalue weighted by molar-refractivity contribution is -0.150. The van der Waals surface area contributed by atoms with E-state index in [2.05, 4.69) is 13.8 Å². The summed E-state index contributed by atoms with van der Waals surface area (Å²) < 4.78 is 10.4. The van der Waals surface area contributed by atoms with Gasteiger partial charge in [0.1, 0.15) is 0 Å². The minimum absolute atomic E-state index is 0.0386. The molecule has 1 aliphatic rings. The Morgan fingerprint density at radius 1 is 1.53 bits per heavy atom. The van der Waals surface area contributed by atoms with Gasteiger partial charge < -0.3 is 9.47 Å². The molecule has 2 atom stereocenters. The van der Waals surface area contributed by atoms with Crippen molar-refractivity contribution in [1.82, 2.24) is 0 Å². The van der Waals surface area contributed by atoms with Crippen molar-refractivity contribution in [3.05, 3.63) is 0 Å². The molecule has 0 saturated carbocycles. The molecule has 0 aromatic heterocycles. The summed E-state index contributed by atoms with van der Waals surface area (Å²) in [4.78, 5) is 11.7. The summed E-state index contributed by atoms with van der Waals surface area (Å²) in [6.07, 6.45) is 2.00. The van der Waals surface area contributed by atoms with E-state index in [1.165, 1.54) is 0 Å². The maximum atomic E-state index is 11.7. The number of hydrogen-bond acceptors (Lipinski definition) is 3. The minimum Gasteiger partial charge on any atom is -0.466 e. The zero-order valence-electron chi connectivity index (χ0n) is 9.99. The first-order chi connectivity index (χ1) is 7.15. The van der Waals surface area contributed by atoms with Gasteiger partial charge in [-0.15, -0.1) is 0 Å². The predicted molar refractivity (Wildman–Crippen MR) is 58.5 cm³/mol. The Morgan fingerprint density at radius 3 is 2.73 bits per heavy atom. The number of esters is 1. The third-order valence-electron chi connectivity index (χ3n) is 3.01. The molecule has 3 nitrogen and oxygen atoms in total. The lowest BCUT2D eigenvalue weighted by Gasteiger charge is -2.21. The van der Waals surface area contributed by atoms with Crippen LogP contribution in [-0.2, 0) is 14.3 Å². The van der Waals surface area contributed by atoms with Gasteiger partial charge in [0.15, 0.2) is 0 Å². The summed E-state index contributed by atoms with van der Waals surface area (Å²) in [5.41, 5.74) is 0. The van der Waals surface area contributed by atoms with Crippen LogP contribution in [0.2, 0.25) is 0 Å². The van der Waals surface area contributed by atoms with Crippen LogP contribution in [0.15, 0.2) is 0 Å². The summed E-state index contributed by atoms with van der Waals surface area (Å²) in [5, 5.41) is 0. The van der Waals surface area contributed by atoms with Crippen LogP contribution in [0.4, 0.5) is 0 Å². The summed E-state index contributed by atoms with van der Waals surface area (Å²) in [5.74, 6) is 0.891. The van der Waals surface area contributed by atoms with Crippen LogP contribution in [0.3, 0.4) is 0 Å². The SMILES string of the molecule is CCOC(=O)C(CC1CCOC1)C(C)C. The Labute approximate surface area is 92.1 Å². The van der Waals surface area contributed by atoms with Gasteiger partial charge in [0.05, 0.1) is 12.5 Å². The van der Waals surface area contributed by atoms with Gasteiger partial charge in [0.2, 0.25) is 0 Å². The number of carbonyl (C=O) groups is 1. The van der Waals surface area contributed by atoms with E-state index < -0.39 is 0 Å². The molecule has 0 bridgehead atoms. The molecule has 15 heavy (non-hydrogen) atoms. The van der Waals surface area contributed by atoms with E-state index in [0.29, 0.717) is 18.4 Å². The molecule has 1 rings (SSSR count). The van der Waals surface area contributed by atoms with Crippen LogP contribution in [-0.4, -0.2) is 25.8 Å². The van der Waals surface area contributed by atoms with Crippen molar-refractivity contribution in [3.8, 4) is 0 Å². The molecule has 0 amide bonds. The fourth-order valence-corrected chi connectivity index (χ4v) is 2.02. The molecular formula is C12H22O3. The Morgan fingerprint density at radius 2 is 2.27 bits per heavy atom. The van der Waals surface area contributed by atoms with Crippen molar-refractivity contribution in [2.45, 2.75) is 33.6 Å². The number of hydrogen-bond donors (Lipinski definition) is 0. The second-order valence-electron chi connectivity index (χ2n) is 4.57. The third kappa shape index (κ3) is 3.82. The van der Waals surface area contributed by atoms with Crippen molar-refractivity contribution in [3.63, 3.8) is 0 Å². The zero-order valence-corrected chi connectivity index (χ0v) is 9.99. The molecule has 0 spiro atoms. The van der Waals surface area contributed by atoms with E-state index in [-0.39, 0.29) is 11.9 Å². The molecule has 3 heteroatoms. The topological polar surface area (TPSA) is 35.5 Å². The maximum absolute atomic E-state index is 11.7. The Hall–Kier alpha value is -0.570. The van der Waals surface area contributed by atoms with E-state index in [1.54, 1.807) is 0 Å². The van der Waals surface area contributed by atoms with Crippen LogP contribution in [0, 0.1) is 17.8 Å². The van der Waals surface area contributed by atoms with Gasteiger partial charge in [-0.3, -0.25) is 4.79 Å². The Kier molecular flexibility index (Phi) is 5.09. The predicted octanol–water partition coefficient (Wildman–Crippen LogP) is 2.25. The summed E-state index contributed by atoms with van der Waals surface area (Å²) in [7, 11) is 0. The van der Waals surface area contributed by atoms with Gasteiger partial charge in [-0.05, 0) is 31.6 Å². The van der Waals surface area contributed by atoms with Crippen molar-refractivity contribution < 1.29 is 14.3 Å². The standard InChI is InChI=1S/C12H22O3/c1-4-15-12(13)11(9(2)3)7-10-5-6-14-8-10/h9-11H,4-8H2,1-3H3. The van der Waals surface area contributed by atoms with Gasteiger partial charge in [-0.2, -0.15) is 0 Å². The fraction of sp³-hybridized carbons (Fsp3) is 0.917. The molecule has 88 valence electrons. The number of rotatable bonds is 5. The quantitative estimate of drug-likeness (QED) is 0.658. The van der Waals surface area contributed by atoms with E-state index >= 15 is 0 Å². The highest BCUT2D eigenvalue weighted by Gasteiger charge is 2.28. The van der Waals surface area contributed by atoms with Crippen molar-refractivity contribution >= 4 is 5.97 Å². The average Bonchev–Trinajstić information content (AvgIpc) is 2.66. The molecule has 1 saturated heterocycles. The summed E-state index contributed by atoms with van der Waals surface area (Å²) in [6, 6.07) is 0. The zero-order chi connectivity index (χ0) is 11.3. The number of ether oxygens (including phenoxy) is 2. The first-order valence-corrected chi connectivity index (χ1v) is 5.89. The van der Waals surface area contributed by atoms with E-state index in [1.807, 2.05) is 6.92 Å². The first-order valence-electron chi connectivity index (χ1n) is 5.89. The second kappa shape index (κ2) is 6.11. The summed E-state index contributed by atoms with van der Waals surface area (Å²) in [6.45, 7) is 8.15. The molecule has 0 N–H and O–H groups in total. The highest BCUT2D eigenvalue weighted by molar-refractivity contribution is 5.72. The molecule has 1 heterocycles. The molecule has 1 fully saturated rings. The van der Waals surface area contributed by atoms with Gasteiger partial charge in [-0.25, -0.2) is 0 Å². The summed E-state index contributed by atoms with van der Waals surface area (Å²) >= 11 is 0. The normalized spacial score (nSPS) is 23.1. The van der Waals surface area contributed by atoms with Crippen molar-refractivity contribution in [2.75, 3.05) is 19.8 Å². The van der Waals surface area contributed by atoms with Gasteiger partial charge in [-0.1, -0.05) is 13.8 Å². The highest BCUT2D eigenvalue weighted by Crippen LogP contribution is 2.26. The minimum atomic E-state index is -0.0422. The number of carbonyl (C=O) groups excluding carboxylic acids is 1. The first kappa shape index (κ1) is 12.5. The van der Waals surface area contributed by atoms with E-state index in [4.69, 9.17) is 9.47 Å². The molecule has 0 aromatic carbocycles. The molecule has 0 aromatic rings. The molecule has 0 aliphatic carbocycles. The molecule has 1 aliphatic heterocycles. The van der Waals surface area contributed by atoms with E-state index in [9.17, 15) is 4.79 Å². The fourth-order valence-electron chi connectivity index (χ4n) is 2.02. The average molecular weight is 214 g/mol. The Bertz CT molecular complexity index is 195. The monoisotopic (exact) mass is 214 g/mol. The van der Waals surface area contributed by atoms with Crippen LogP contribution in [0.1, 0.15) is 33.6 Å². The van der Waals surface area contributed by atoms with Crippen LogP contribution in [0.5, 0.6) is 0 Å². The Balaban J connectivity index is 2.45. The van der Waals surface area contributed by atoms with Crippen molar-refractivity contribution in [1.29, 1.82) is 0 Å².